The van der Waals surface area contributed by atoms with Crippen LogP contribution in [0.4, 0.5) is 0 Å². The lowest BCUT2D eigenvalue weighted by Crippen LogP contribution is -2.38. The Morgan fingerprint density at radius 2 is 2.19 bits per heavy atom. The molecule has 1 aliphatic rings. The summed E-state index contributed by atoms with van der Waals surface area (Å²) in [5.74, 6) is 0.184. The molecule has 2 rings (SSSR count). The maximum atomic E-state index is 12.3. The quantitative estimate of drug-likeness (QED) is 0.810. The Labute approximate surface area is 127 Å². The summed E-state index contributed by atoms with van der Waals surface area (Å²) in [5.41, 5.74) is 2.12. The standard InChI is InChI=1S/C16H26N4O/c1-13-9-14(5-7-17-13)10-19(4)16(21)12-20-8-6-15(11-20)18(2)3/h5,7,9,15H,6,8,10-12H2,1-4H3/t15-/m0/s1. The van der Waals surface area contributed by atoms with Crippen LogP contribution in [0.5, 0.6) is 0 Å². The van der Waals surface area contributed by atoms with E-state index in [1.165, 1.54) is 0 Å². The third kappa shape index (κ3) is 4.51. The number of hydrogen-bond acceptors (Lipinski definition) is 4. The monoisotopic (exact) mass is 290 g/mol. The zero-order valence-electron chi connectivity index (χ0n) is 13.5. The largest absolute Gasteiger partial charge is 0.340 e. The Hall–Kier alpha value is -1.46. The number of amides is 1. The molecule has 1 amide bonds. The van der Waals surface area contributed by atoms with E-state index < -0.39 is 0 Å². The lowest BCUT2D eigenvalue weighted by Gasteiger charge is -2.23. The molecule has 116 valence electrons. The van der Waals surface area contributed by atoms with E-state index in [0.29, 0.717) is 19.1 Å². The van der Waals surface area contributed by atoms with Crippen molar-refractivity contribution in [1.82, 2.24) is 19.7 Å². The molecule has 1 aliphatic heterocycles. The number of hydrogen-bond donors (Lipinski definition) is 0. The van der Waals surface area contributed by atoms with Crippen molar-refractivity contribution in [3.05, 3.63) is 29.6 Å². The Kier molecular flexibility index (Phi) is 5.31. The number of rotatable bonds is 5. The lowest BCUT2D eigenvalue weighted by molar-refractivity contribution is -0.131. The first-order chi connectivity index (χ1) is 9.95. The predicted octanol–water partition coefficient (Wildman–Crippen LogP) is 0.984. The van der Waals surface area contributed by atoms with E-state index in [2.05, 4.69) is 28.9 Å². The lowest BCUT2D eigenvalue weighted by atomic mass is 10.2. The van der Waals surface area contributed by atoms with E-state index in [0.717, 1.165) is 30.8 Å². The molecule has 0 aromatic carbocycles. The van der Waals surface area contributed by atoms with Gasteiger partial charge < -0.3 is 9.80 Å². The Morgan fingerprint density at radius 1 is 1.43 bits per heavy atom. The number of aryl methyl sites for hydroxylation is 1. The van der Waals surface area contributed by atoms with Crippen molar-refractivity contribution < 1.29 is 4.79 Å². The number of pyridine rings is 1. The fraction of sp³-hybridized carbons (Fsp3) is 0.625. The maximum Gasteiger partial charge on any atom is 0.236 e. The van der Waals surface area contributed by atoms with E-state index >= 15 is 0 Å². The molecule has 1 saturated heterocycles. The van der Waals surface area contributed by atoms with E-state index in [9.17, 15) is 4.79 Å². The molecule has 0 saturated carbocycles. The molecule has 1 fully saturated rings. The number of likely N-dealkylation sites (N-methyl/N-ethyl adjacent to an activating group) is 2. The maximum absolute atomic E-state index is 12.3. The van der Waals surface area contributed by atoms with Crippen LogP contribution in [0.15, 0.2) is 18.3 Å². The van der Waals surface area contributed by atoms with Gasteiger partial charge in [-0.15, -0.1) is 0 Å². The van der Waals surface area contributed by atoms with Crippen LogP contribution >= 0.6 is 0 Å². The van der Waals surface area contributed by atoms with Crippen molar-refractivity contribution in [1.29, 1.82) is 0 Å². The Balaban J connectivity index is 1.83. The number of nitrogens with zero attached hydrogens (tertiary/aromatic N) is 4. The van der Waals surface area contributed by atoms with Crippen LogP contribution in [0.2, 0.25) is 0 Å². The molecular weight excluding hydrogens is 264 g/mol. The van der Waals surface area contributed by atoms with Gasteiger partial charge in [0.05, 0.1) is 6.54 Å². The summed E-state index contributed by atoms with van der Waals surface area (Å²) in [7, 11) is 6.08. The summed E-state index contributed by atoms with van der Waals surface area (Å²) in [4.78, 5) is 22.8. The van der Waals surface area contributed by atoms with Crippen LogP contribution in [0, 0.1) is 6.92 Å². The highest BCUT2D eigenvalue weighted by Gasteiger charge is 2.26. The van der Waals surface area contributed by atoms with Gasteiger partial charge in [-0.2, -0.15) is 0 Å². The van der Waals surface area contributed by atoms with Gasteiger partial charge in [0, 0.05) is 44.6 Å². The molecule has 5 heteroatoms. The molecule has 2 heterocycles. The topological polar surface area (TPSA) is 39.7 Å². The number of carbonyl (C=O) groups excluding carboxylic acids is 1. The summed E-state index contributed by atoms with van der Waals surface area (Å²) < 4.78 is 0. The fourth-order valence-electron chi connectivity index (χ4n) is 2.75. The van der Waals surface area contributed by atoms with Crippen molar-refractivity contribution in [3.63, 3.8) is 0 Å². The SMILES string of the molecule is Cc1cc(CN(C)C(=O)CN2CC[C@H](N(C)C)C2)ccn1. The minimum atomic E-state index is 0.184. The van der Waals surface area contributed by atoms with Gasteiger partial charge in [0.15, 0.2) is 0 Å². The van der Waals surface area contributed by atoms with E-state index in [1.54, 1.807) is 11.1 Å². The second-order valence-corrected chi connectivity index (χ2v) is 6.20. The molecule has 0 N–H and O–H groups in total. The minimum Gasteiger partial charge on any atom is -0.340 e. The number of likely N-dealkylation sites (tertiary alicyclic amines) is 1. The van der Waals surface area contributed by atoms with Crippen molar-refractivity contribution in [2.24, 2.45) is 0 Å². The van der Waals surface area contributed by atoms with E-state index in [4.69, 9.17) is 0 Å². The minimum absolute atomic E-state index is 0.184. The van der Waals surface area contributed by atoms with Gasteiger partial charge in [0.2, 0.25) is 5.91 Å². The van der Waals surface area contributed by atoms with Gasteiger partial charge in [-0.05, 0) is 45.1 Å². The average molecular weight is 290 g/mol. The molecule has 0 bridgehead atoms. The highest BCUT2D eigenvalue weighted by molar-refractivity contribution is 5.78. The van der Waals surface area contributed by atoms with Crippen LogP contribution in [0.3, 0.4) is 0 Å². The molecule has 1 aromatic rings. The van der Waals surface area contributed by atoms with E-state index in [-0.39, 0.29) is 5.91 Å². The van der Waals surface area contributed by atoms with Crippen LogP contribution < -0.4 is 0 Å². The first-order valence-electron chi connectivity index (χ1n) is 7.50. The molecule has 0 aliphatic carbocycles. The highest BCUT2D eigenvalue weighted by atomic mass is 16.2. The van der Waals surface area contributed by atoms with Gasteiger partial charge in [-0.1, -0.05) is 0 Å². The van der Waals surface area contributed by atoms with Crippen molar-refractivity contribution in [2.45, 2.75) is 25.9 Å². The van der Waals surface area contributed by atoms with Crippen LogP contribution in [-0.4, -0.2) is 72.4 Å². The third-order valence-corrected chi connectivity index (χ3v) is 4.14. The van der Waals surface area contributed by atoms with Crippen molar-refractivity contribution in [3.8, 4) is 0 Å². The summed E-state index contributed by atoms with van der Waals surface area (Å²) in [6.07, 6.45) is 2.94. The van der Waals surface area contributed by atoms with Crippen LogP contribution in [0.1, 0.15) is 17.7 Å². The zero-order valence-corrected chi connectivity index (χ0v) is 13.5. The van der Waals surface area contributed by atoms with Crippen LogP contribution in [0.25, 0.3) is 0 Å². The average Bonchev–Trinajstić information content (AvgIpc) is 2.87. The Bertz CT molecular complexity index is 489. The van der Waals surface area contributed by atoms with Gasteiger partial charge in [0.1, 0.15) is 0 Å². The molecule has 0 spiro atoms. The predicted molar refractivity (Wildman–Crippen MR) is 84.0 cm³/mol. The molecule has 0 radical (unpaired) electrons. The molecule has 21 heavy (non-hydrogen) atoms. The van der Waals surface area contributed by atoms with Crippen molar-refractivity contribution in [2.75, 3.05) is 40.8 Å². The smallest absolute Gasteiger partial charge is 0.236 e. The molecular formula is C16H26N4O. The summed E-state index contributed by atoms with van der Waals surface area (Å²) in [5, 5.41) is 0. The molecule has 1 atom stereocenters. The molecule has 5 nitrogen and oxygen atoms in total. The first kappa shape index (κ1) is 15.9. The first-order valence-corrected chi connectivity index (χ1v) is 7.50. The number of carbonyl (C=O) groups is 1. The summed E-state index contributed by atoms with van der Waals surface area (Å²) >= 11 is 0. The second kappa shape index (κ2) is 7.00. The van der Waals surface area contributed by atoms with E-state index in [1.807, 2.05) is 26.1 Å². The van der Waals surface area contributed by atoms with Gasteiger partial charge in [-0.25, -0.2) is 0 Å². The van der Waals surface area contributed by atoms with Gasteiger partial charge >= 0.3 is 0 Å². The highest BCUT2D eigenvalue weighted by Crippen LogP contribution is 2.13. The molecule has 1 aromatic heterocycles. The van der Waals surface area contributed by atoms with Crippen molar-refractivity contribution >= 4 is 5.91 Å². The summed E-state index contributed by atoms with van der Waals surface area (Å²) in [6, 6.07) is 4.57. The normalized spacial score (nSPS) is 19.2. The zero-order chi connectivity index (χ0) is 15.4. The fourth-order valence-corrected chi connectivity index (χ4v) is 2.75. The van der Waals surface area contributed by atoms with Crippen LogP contribution in [-0.2, 0) is 11.3 Å². The third-order valence-electron chi connectivity index (χ3n) is 4.14. The van der Waals surface area contributed by atoms with Gasteiger partial charge in [-0.3, -0.25) is 14.7 Å². The summed E-state index contributed by atoms with van der Waals surface area (Å²) in [6.45, 7) is 5.13. The molecule has 0 unspecified atom stereocenters. The Morgan fingerprint density at radius 3 is 2.81 bits per heavy atom. The second-order valence-electron chi connectivity index (χ2n) is 6.20. The van der Waals surface area contributed by atoms with Gasteiger partial charge in [0.25, 0.3) is 0 Å². The number of aromatic nitrogens is 1.